The number of nitrogens with zero attached hydrogens (tertiary/aromatic N) is 5. The molecule has 7 atom stereocenters. The molecule has 48 heavy (non-hydrogen) atoms. The van der Waals surface area contributed by atoms with Crippen LogP contribution in [0.1, 0.15) is 58.0 Å². The number of hydrogen-bond acceptors (Lipinski definition) is 15. The van der Waals surface area contributed by atoms with Crippen LogP contribution >= 0.6 is 15.6 Å². The Balaban J connectivity index is 1.21. The van der Waals surface area contributed by atoms with Crippen LogP contribution < -0.4 is 10.9 Å². The smallest absolute Gasteiger partial charge is 0.366 e. The maximum absolute atomic E-state index is 13.0. The van der Waals surface area contributed by atoms with Crippen molar-refractivity contribution in [2.24, 2.45) is 10.2 Å². The number of aromatic amines is 1. The molecule has 4 N–H and O–H groups in total. The van der Waals surface area contributed by atoms with Gasteiger partial charge in [0.1, 0.15) is 30.7 Å². The Kier molecular flexibility index (Phi) is 9.76. The first-order valence-electron chi connectivity index (χ1n) is 15.1. The fourth-order valence-electron chi connectivity index (χ4n) is 5.63. The number of terminal acetylenes is 1. The minimum absolute atomic E-state index is 0.0116. The normalized spacial score (nSPS) is 34.0. The molecule has 2 aromatic heterocycles. The number of phosphoric ester groups is 2. The Morgan fingerprint density at radius 3 is 2.62 bits per heavy atom. The Labute approximate surface area is 273 Å². The van der Waals surface area contributed by atoms with Gasteiger partial charge >= 0.3 is 15.6 Å². The molecule has 0 saturated carbocycles. The summed E-state index contributed by atoms with van der Waals surface area (Å²) in [4.78, 5) is 57.5. The fraction of sp³-hybridized carbons (Fsp3) is 0.692. The van der Waals surface area contributed by atoms with E-state index in [0.29, 0.717) is 25.7 Å². The van der Waals surface area contributed by atoms with Gasteiger partial charge in [-0.15, -0.1) is 12.3 Å². The van der Waals surface area contributed by atoms with Gasteiger partial charge in [0.15, 0.2) is 28.8 Å². The van der Waals surface area contributed by atoms with E-state index in [-0.39, 0.29) is 42.5 Å². The molecule has 0 spiro atoms. The Morgan fingerprint density at radius 2 is 1.90 bits per heavy atom. The van der Waals surface area contributed by atoms with Gasteiger partial charge in [0.25, 0.3) is 5.56 Å². The quantitative estimate of drug-likeness (QED) is 0.172. The van der Waals surface area contributed by atoms with Crippen LogP contribution in [0.2, 0.25) is 0 Å². The van der Waals surface area contributed by atoms with Crippen molar-refractivity contribution in [2.45, 2.75) is 94.7 Å². The van der Waals surface area contributed by atoms with E-state index in [1.165, 1.54) is 10.9 Å². The molecule has 6 heterocycles. The molecule has 4 bridgehead atoms. The van der Waals surface area contributed by atoms with E-state index >= 15 is 0 Å². The number of amides is 1. The molecule has 2 saturated heterocycles. The van der Waals surface area contributed by atoms with Crippen molar-refractivity contribution < 1.29 is 56.0 Å². The molecular formula is C26H35N7O13P2. The van der Waals surface area contributed by atoms with Crippen LogP contribution in [0.25, 0.3) is 11.2 Å². The average molecular weight is 716 g/mol. The molecule has 1 amide bonds. The van der Waals surface area contributed by atoms with Gasteiger partial charge in [-0.1, -0.05) is 0 Å². The Hall–Kier alpha value is -2.92. The fourth-order valence-corrected chi connectivity index (χ4v) is 7.74. The molecule has 2 aromatic rings. The summed E-state index contributed by atoms with van der Waals surface area (Å²) in [7, 11) is -10.5. The lowest BCUT2D eigenvalue weighted by Gasteiger charge is -2.25. The zero-order chi connectivity index (χ0) is 34.3. The van der Waals surface area contributed by atoms with E-state index < -0.39 is 76.5 Å². The topological polar surface area (TPSA) is 257 Å². The number of imidazole rings is 1. The largest absolute Gasteiger partial charge is 0.481 e. The second-order valence-corrected chi connectivity index (χ2v) is 15.1. The summed E-state index contributed by atoms with van der Waals surface area (Å²) >= 11 is 0. The standard InChI is InChI=1S/C26H35N7O13P2/c1-4-5-6-8-26(31-32-26)9-7-18(34)27-10-15-11-41-47(36,37)46-48(38,39)42-12-16-20-21(45-25(2,3)44-20)24(43-16)33-14-28-19-22(33)29-17(13-40-15)30-23(19)35/h1,14-16,20-21,24H,5-13H2,2-3H3,(H,27,34)(H,36,37)(H,38,39)(H,29,30,35)/t15?,16-,20-,21-,24-/m1/s1. The van der Waals surface area contributed by atoms with Crippen molar-refractivity contribution in [1.82, 2.24) is 24.8 Å². The minimum atomic E-state index is -5.24. The lowest BCUT2D eigenvalue weighted by atomic mass is 10.0. The first-order valence-corrected chi connectivity index (χ1v) is 18.0. The number of nitrogens with one attached hydrogen (secondary N) is 2. The maximum atomic E-state index is 13.0. The van der Waals surface area contributed by atoms with Crippen LogP contribution in [-0.4, -0.2) is 90.8 Å². The first kappa shape index (κ1) is 34.9. The van der Waals surface area contributed by atoms with Gasteiger partial charge in [-0.25, -0.2) is 19.1 Å². The summed E-state index contributed by atoms with van der Waals surface area (Å²) in [5.41, 5.74) is -1.11. The number of unbranched alkanes of at least 4 members (excludes halogenated alkanes) is 1. The van der Waals surface area contributed by atoms with Crippen molar-refractivity contribution in [2.75, 3.05) is 19.8 Å². The zero-order valence-corrected chi connectivity index (χ0v) is 27.7. The molecule has 0 radical (unpaired) electrons. The van der Waals surface area contributed by atoms with Gasteiger partial charge < -0.3 is 39.0 Å². The highest BCUT2D eigenvalue weighted by atomic mass is 31.3. The number of ether oxygens (including phenoxy) is 4. The van der Waals surface area contributed by atoms with E-state index in [0.717, 1.165) is 0 Å². The first-order chi connectivity index (χ1) is 22.7. The van der Waals surface area contributed by atoms with Crippen LogP contribution in [-0.2, 0) is 52.8 Å². The second kappa shape index (κ2) is 13.4. The summed E-state index contributed by atoms with van der Waals surface area (Å²) in [5.74, 6) is 1.12. The van der Waals surface area contributed by atoms with E-state index in [4.69, 9.17) is 34.4 Å². The van der Waals surface area contributed by atoms with Crippen molar-refractivity contribution in [3.05, 3.63) is 22.5 Å². The number of H-pyrrole nitrogens is 1. The molecular weight excluding hydrogens is 680 g/mol. The average Bonchev–Trinajstić information content (AvgIpc) is 3.35. The number of aromatic nitrogens is 4. The van der Waals surface area contributed by atoms with Gasteiger partial charge in [-0.2, -0.15) is 14.5 Å². The lowest BCUT2D eigenvalue weighted by molar-refractivity contribution is -0.199. The molecule has 3 unspecified atom stereocenters. The van der Waals surface area contributed by atoms with Crippen LogP contribution in [0.3, 0.4) is 0 Å². The monoisotopic (exact) mass is 715 g/mol. The molecule has 262 valence electrons. The number of carbonyl (C=O) groups is 1. The molecule has 4 aliphatic rings. The van der Waals surface area contributed by atoms with Crippen LogP contribution in [0.15, 0.2) is 21.4 Å². The number of carbonyl (C=O) groups excluding carboxylic acids is 1. The predicted molar refractivity (Wildman–Crippen MR) is 160 cm³/mol. The van der Waals surface area contributed by atoms with E-state index in [1.807, 2.05) is 0 Å². The summed E-state index contributed by atoms with van der Waals surface area (Å²) in [6.45, 7) is 1.41. The Morgan fingerprint density at radius 1 is 1.17 bits per heavy atom. The summed E-state index contributed by atoms with van der Waals surface area (Å²) in [5, 5.41) is 10.8. The van der Waals surface area contributed by atoms with Crippen LogP contribution in [0.4, 0.5) is 0 Å². The molecule has 6 rings (SSSR count). The van der Waals surface area contributed by atoms with Crippen molar-refractivity contribution in [1.29, 1.82) is 0 Å². The molecule has 22 heteroatoms. The highest BCUT2D eigenvalue weighted by molar-refractivity contribution is 7.61. The number of hydrogen-bond donors (Lipinski definition) is 4. The molecule has 4 aliphatic heterocycles. The SMILES string of the molecule is C#CCCCC1(CCC(=O)NCC2COP(=O)(O)OP(=O)(O)OC[C@H]3O[C@H]([C@@H]4OC(C)(C)O[C@@H]43)n3cnc4c(=O)[nH]c(nc43)CO2)N=N1. The van der Waals surface area contributed by atoms with Crippen molar-refractivity contribution >= 4 is 32.7 Å². The number of phosphoric acid groups is 2. The minimum Gasteiger partial charge on any atom is -0.366 e. The lowest BCUT2D eigenvalue weighted by Crippen LogP contribution is -2.37. The maximum Gasteiger partial charge on any atom is 0.481 e. The number of rotatable bonds is 8. The van der Waals surface area contributed by atoms with Gasteiger partial charge in [0, 0.05) is 25.8 Å². The molecule has 2 fully saturated rings. The number of fused-ring (bicyclic) bond motifs is 7. The predicted octanol–water partition coefficient (Wildman–Crippen LogP) is 1.55. The highest BCUT2D eigenvalue weighted by Gasteiger charge is 2.57. The molecule has 20 nitrogen and oxygen atoms in total. The second-order valence-electron chi connectivity index (χ2n) is 12.1. The van der Waals surface area contributed by atoms with Crippen molar-refractivity contribution in [3.63, 3.8) is 0 Å². The van der Waals surface area contributed by atoms with Gasteiger partial charge in [0.2, 0.25) is 5.91 Å². The van der Waals surface area contributed by atoms with E-state index in [1.54, 1.807) is 13.8 Å². The van der Waals surface area contributed by atoms with Gasteiger partial charge in [-0.05, 0) is 26.7 Å². The van der Waals surface area contributed by atoms with E-state index in [9.17, 15) is 28.5 Å². The van der Waals surface area contributed by atoms with Gasteiger partial charge in [0.05, 0.1) is 25.6 Å². The third-order valence-corrected chi connectivity index (χ3v) is 10.5. The van der Waals surface area contributed by atoms with Gasteiger partial charge in [-0.3, -0.25) is 23.2 Å². The Bertz CT molecular complexity index is 1770. The van der Waals surface area contributed by atoms with Crippen molar-refractivity contribution in [3.8, 4) is 12.3 Å². The highest BCUT2D eigenvalue weighted by Crippen LogP contribution is 2.61. The summed E-state index contributed by atoms with van der Waals surface area (Å²) in [6, 6.07) is 0. The summed E-state index contributed by atoms with van der Waals surface area (Å²) in [6.07, 6.45) is 4.19. The summed E-state index contributed by atoms with van der Waals surface area (Å²) < 4.78 is 65.2. The molecule has 0 aliphatic carbocycles. The zero-order valence-electron chi connectivity index (χ0n) is 25.9. The van der Waals surface area contributed by atoms with Crippen LogP contribution in [0, 0.1) is 12.3 Å². The van der Waals surface area contributed by atoms with E-state index in [2.05, 4.69) is 40.7 Å². The third-order valence-electron chi connectivity index (χ3n) is 7.93. The third kappa shape index (κ3) is 8.09. The van der Waals surface area contributed by atoms with Crippen LogP contribution in [0.5, 0.6) is 0 Å². The molecule has 0 aromatic carbocycles.